The number of anilines is 1. The fourth-order valence-corrected chi connectivity index (χ4v) is 2.36. The van der Waals surface area contributed by atoms with Gasteiger partial charge in [0.1, 0.15) is 5.69 Å². The van der Waals surface area contributed by atoms with Crippen molar-refractivity contribution in [2.24, 2.45) is 0 Å². The minimum Gasteiger partial charge on any atom is -0.478 e. The maximum absolute atomic E-state index is 11.1. The second-order valence-corrected chi connectivity index (χ2v) is 5.59. The molecule has 5 nitrogen and oxygen atoms in total. The van der Waals surface area contributed by atoms with Crippen LogP contribution in [-0.4, -0.2) is 27.1 Å². The van der Waals surface area contributed by atoms with Gasteiger partial charge in [0.15, 0.2) is 5.82 Å². The quantitative estimate of drug-likeness (QED) is 0.766. The van der Waals surface area contributed by atoms with Crippen molar-refractivity contribution in [3.05, 3.63) is 54.1 Å². The van der Waals surface area contributed by atoms with Gasteiger partial charge in [-0.2, -0.15) is 0 Å². The van der Waals surface area contributed by atoms with E-state index in [1.54, 1.807) is 18.2 Å². The smallest absolute Gasteiger partial charge is 0.335 e. The molecule has 0 atom stereocenters. The Kier molecular flexibility index (Phi) is 3.93. The molecule has 0 saturated heterocycles. The highest BCUT2D eigenvalue weighted by Crippen LogP contribution is 2.27. The molecule has 0 radical (unpaired) electrons. The highest BCUT2D eigenvalue weighted by molar-refractivity contribution is 5.93. The summed E-state index contributed by atoms with van der Waals surface area (Å²) >= 11 is 0. The average molecular weight is 307 g/mol. The molecule has 116 valence electrons. The number of nitrogens with one attached hydrogen (secondary N) is 1. The largest absolute Gasteiger partial charge is 0.478 e. The summed E-state index contributed by atoms with van der Waals surface area (Å²) in [4.78, 5) is 20.4. The van der Waals surface area contributed by atoms with Crippen LogP contribution in [0.25, 0.3) is 22.3 Å². The van der Waals surface area contributed by atoms with Crippen LogP contribution >= 0.6 is 0 Å². The third-order valence-corrected chi connectivity index (χ3v) is 3.38. The van der Waals surface area contributed by atoms with E-state index < -0.39 is 5.97 Å². The number of carbonyl (C=O) groups is 1. The first-order valence-corrected chi connectivity index (χ1v) is 7.41. The Bertz CT molecular complexity index is 861. The molecule has 3 rings (SSSR count). The van der Waals surface area contributed by atoms with Crippen LogP contribution in [0.5, 0.6) is 0 Å². The second-order valence-electron chi connectivity index (χ2n) is 5.59. The zero-order valence-electron chi connectivity index (χ0n) is 12.9. The van der Waals surface area contributed by atoms with E-state index in [1.807, 2.05) is 44.2 Å². The van der Waals surface area contributed by atoms with E-state index in [2.05, 4.69) is 15.3 Å². The van der Waals surface area contributed by atoms with E-state index in [0.29, 0.717) is 16.9 Å². The van der Waals surface area contributed by atoms with Crippen LogP contribution in [0.1, 0.15) is 24.2 Å². The molecule has 0 unspecified atom stereocenters. The second kappa shape index (κ2) is 6.04. The molecule has 0 aliphatic carbocycles. The number of aromatic nitrogens is 2. The van der Waals surface area contributed by atoms with Crippen LogP contribution < -0.4 is 5.32 Å². The summed E-state index contributed by atoms with van der Waals surface area (Å²) in [5.74, 6) is -0.319. The van der Waals surface area contributed by atoms with Gasteiger partial charge < -0.3 is 10.4 Å². The standard InChI is InChI=1S/C18H17N3O2/c1-11(2)19-17-16(12-6-4-3-5-7-12)20-14-9-8-13(18(22)23)10-15(14)21-17/h3-11H,1-2H3,(H,19,21)(H,22,23). The van der Waals surface area contributed by atoms with Gasteiger partial charge in [-0.3, -0.25) is 0 Å². The van der Waals surface area contributed by atoms with Crippen LogP contribution in [0.4, 0.5) is 5.82 Å². The van der Waals surface area contributed by atoms with Crippen molar-refractivity contribution in [2.45, 2.75) is 19.9 Å². The number of nitrogens with zero attached hydrogens (tertiary/aromatic N) is 2. The highest BCUT2D eigenvalue weighted by atomic mass is 16.4. The number of carboxylic acids is 1. The van der Waals surface area contributed by atoms with Gasteiger partial charge in [-0.15, -0.1) is 0 Å². The molecule has 2 N–H and O–H groups in total. The zero-order chi connectivity index (χ0) is 16.4. The van der Waals surface area contributed by atoms with E-state index in [4.69, 9.17) is 5.11 Å². The fraction of sp³-hybridized carbons (Fsp3) is 0.167. The lowest BCUT2D eigenvalue weighted by Gasteiger charge is -2.14. The number of fused-ring (bicyclic) bond motifs is 1. The van der Waals surface area contributed by atoms with Gasteiger partial charge in [0.25, 0.3) is 0 Å². The van der Waals surface area contributed by atoms with Crippen molar-refractivity contribution in [1.82, 2.24) is 9.97 Å². The van der Waals surface area contributed by atoms with Crippen LogP contribution in [0, 0.1) is 0 Å². The first-order chi connectivity index (χ1) is 11.0. The van der Waals surface area contributed by atoms with Gasteiger partial charge >= 0.3 is 5.97 Å². The van der Waals surface area contributed by atoms with Gasteiger partial charge in [0.2, 0.25) is 0 Å². The van der Waals surface area contributed by atoms with E-state index in [0.717, 1.165) is 11.3 Å². The van der Waals surface area contributed by atoms with E-state index in [1.165, 1.54) is 0 Å². The Balaban J connectivity index is 2.21. The zero-order valence-corrected chi connectivity index (χ0v) is 12.9. The lowest BCUT2D eigenvalue weighted by molar-refractivity contribution is 0.0697. The average Bonchev–Trinajstić information content (AvgIpc) is 2.54. The van der Waals surface area contributed by atoms with Crippen LogP contribution in [0.15, 0.2) is 48.5 Å². The lowest BCUT2D eigenvalue weighted by atomic mass is 10.1. The minimum absolute atomic E-state index is 0.187. The number of hydrogen-bond donors (Lipinski definition) is 2. The first-order valence-electron chi connectivity index (χ1n) is 7.41. The Morgan fingerprint density at radius 3 is 2.43 bits per heavy atom. The summed E-state index contributed by atoms with van der Waals surface area (Å²) in [5.41, 5.74) is 3.16. The molecule has 0 saturated carbocycles. The summed E-state index contributed by atoms with van der Waals surface area (Å²) in [5, 5.41) is 12.4. The topological polar surface area (TPSA) is 75.1 Å². The molecule has 1 aromatic heterocycles. The summed E-state index contributed by atoms with van der Waals surface area (Å²) in [6, 6.07) is 14.8. The number of rotatable bonds is 4. The van der Waals surface area contributed by atoms with Gasteiger partial charge in [-0.25, -0.2) is 14.8 Å². The van der Waals surface area contributed by atoms with Crippen molar-refractivity contribution in [3.8, 4) is 11.3 Å². The van der Waals surface area contributed by atoms with Gasteiger partial charge in [-0.1, -0.05) is 30.3 Å². The molecule has 0 bridgehead atoms. The molecular formula is C18H17N3O2. The molecule has 5 heteroatoms. The minimum atomic E-state index is -0.973. The third kappa shape index (κ3) is 3.13. The first kappa shape index (κ1) is 15.0. The maximum Gasteiger partial charge on any atom is 0.335 e. The number of benzene rings is 2. The Morgan fingerprint density at radius 1 is 1.04 bits per heavy atom. The molecular weight excluding hydrogens is 290 g/mol. The molecule has 0 spiro atoms. The SMILES string of the molecule is CC(C)Nc1nc2cc(C(=O)O)ccc2nc1-c1ccccc1. The van der Waals surface area contributed by atoms with E-state index in [-0.39, 0.29) is 11.6 Å². The number of carboxylic acid groups (broad SMARTS) is 1. The maximum atomic E-state index is 11.1. The Morgan fingerprint density at radius 2 is 1.78 bits per heavy atom. The Labute approximate surface area is 134 Å². The summed E-state index contributed by atoms with van der Waals surface area (Å²) in [6.45, 7) is 4.04. The van der Waals surface area contributed by atoms with Crippen molar-refractivity contribution in [3.63, 3.8) is 0 Å². The van der Waals surface area contributed by atoms with Crippen molar-refractivity contribution in [1.29, 1.82) is 0 Å². The molecule has 23 heavy (non-hydrogen) atoms. The third-order valence-electron chi connectivity index (χ3n) is 3.38. The normalized spacial score (nSPS) is 10.9. The van der Waals surface area contributed by atoms with E-state index in [9.17, 15) is 4.79 Å². The molecule has 0 aliphatic heterocycles. The summed E-state index contributed by atoms with van der Waals surface area (Å²) in [7, 11) is 0. The number of aromatic carboxylic acids is 1. The monoisotopic (exact) mass is 307 g/mol. The lowest BCUT2D eigenvalue weighted by Crippen LogP contribution is -2.13. The number of hydrogen-bond acceptors (Lipinski definition) is 4. The Hall–Kier alpha value is -2.95. The predicted octanol–water partition coefficient (Wildman–Crippen LogP) is 3.82. The van der Waals surface area contributed by atoms with Gasteiger partial charge in [-0.05, 0) is 32.0 Å². The molecule has 0 amide bonds. The van der Waals surface area contributed by atoms with Crippen molar-refractivity contribution < 1.29 is 9.90 Å². The molecule has 1 heterocycles. The molecule has 0 fully saturated rings. The highest BCUT2D eigenvalue weighted by Gasteiger charge is 2.13. The molecule has 3 aromatic rings. The summed E-state index contributed by atoms with van der Waals surface area (Å²) < 4.78 is 0. The van der Waals surface area contributed by atoms with Crippen LogP contribution in [-0.2, 0) is 0 Å². The molecule has 2 aromatic carbocycles. The fourth-order valence-electron chi connectivity index (χ4n) is 2.36. The van der Waals surface area contributed by atoms with Crippen molar-refractivity contribution in [2.75, 3.05) is 5.32 Å². The van der Waals surface area contributed by atoms with Crippen molar-refractivity contribution >= 4 is 22.8 Å². The van der Waals surface area contributed by atoms with Gasteiger partial charge in [0, 0.05) is 11.6 Å². The van der Waals surface area contributed by atoms with Crippen LogP contribution in [0.2, 0.25) is 0 Å². The summed E-state index contributed by atoms with van der Waals surface area (Å²) in [6.07, 6.45) is 0. The van der Waals surface area contributed by atoms with E-state index >= 15 is 0 Å². The molecule has 0 aliphatic rings. The van der Waals surface area contributed by atoms with Crippen LogP contribution in [0.3, 0.4) is 0 Å². The van der Waals surface area contributed by atoms with Gasteiger partial charge in [0.05, 0.1) is 16.6 Å². The predicted molar refractivity (Wildman–Crippen MR) is 90.7 cm³/mol.